The second-order valence-electron chi connectivity index (χ2n) is 5.51. The van der Waals surface area contributed by atoms with Crippen molar-refractivity contribution in [2.45, 2.75) is 25.9 Å². The Morgan fingerprint density at radius 3 is 2.48 bits per heavy atom. The number of benzene rings is 2. The van der Waals surface area contributed by atoms with E-state index < -0.39 is 11.7 Å². The van der Waals surface area contributed by atoms with Crippen molar-refractivity contribution in [3.8, 4) is 5.75 Å². The third-order valence-electron chi connectivity index (χ3n) is 3.39. The van der Waals surface area contributed by atoms with Crippen molar-refractivity contribution in [3.05, 3.63) is 58.1 Å². The Morgan fingerprint density at radius 1 is 1.16 bits per heavy atom. The van der Waals surface area contributed by atoms with Crippen LogP contribution in [-0.4, -0.2) is 12.5 Å². The maximum absolute atomic E-state index is 12.8. The molecule has 0 radical (unpaired) electrons. The number of anilines is 1. The van der Waals surface area contributed by atoms with Crippen molar-refractivity contribution in [1.29, 1.82) is 0 Å². The van der Waals surface area contributed by atoms with Gasteiger partial charge in [-0.25, -0.2) is 0 Å². The van der Waals surface area contributed by atoms with Gasteiger partial charge in [-0.05, 0) is 43.7 Å². The number of alkyl halides is 3. The quantitative estimate of drug-likeness (QED) is 0.625. The molecule has 2 aromatic rings. The largest absolute Gasteiger partial charge is 0.494 e. The zero-order valence-corrected chi connectivity index (χ0v) is 15.1. The predicted octanol–water partition coefficient (Wildman–Crippen LogP) is 5.57. The first-order valence-electron chi connectivity index (χ1n) is 7.62. The van der Waals surface area contributed by atoms with Gasteiger partial charge < -0.3 is 10.1 Å². The average molecular weight is 416 g/mol. The molecule has 134 valence electrons. The molecule has 2 aromatic carbocycles. The normalized spacial score (nSPS) is 11.2. The third-order valence-corrected chi connectivity index (χ3v) is 4.08. The summed E-state index contributed by atoms with van der Waals surface area (Å²) in [4.78, 5) is 11.9. The van der Waals surface area contributed by atoms with Gasteiger partial charge in [0.15, 0.2) is 0 Å². The zero-order chi connectivity index (χ0) is 18.4. The number of rotatable bonds is 6. The van der Waals surface area contributed by atoms with Crippen molar-refractivity contribution < 1.29 is 22.7 Å². The van der Waals surface area contributed by atoms with Crippen LogP contribution in [0.3, 0.4) is 0 Å². The van der Waals surface area contributed by atoms with Gasteiger partial charge in [-0.2, -0.15) is 13.2 Å². The second kappa shape index (κ2) is 8.38. The van der Waals surface area contributed by atoms with E-state index in [4.69, 9.17) is 4.74 Å². The van der Waals surface area contributed by atoms with Gasteiger partial charge in [-0.3, -0.25) is 4.79 Å². The number of carbonyl (C=O) groups excluding carboxylic acids is 1. The van der Waals surface area contributed by atoms with Crippen LogP contribution < -0.4 is 10.1 Å². The van der Waals surface area contributed by atoms with Crippen LogP contribution in [0.2, 0.25) is 0 Å². The molecule has 2 rings (SSSR count). The third kappa shape index (κ3) is 6.08. The summed E-state index contributed by atoms with van der Waals surface area (Å²) in [5.41, 5.74) is 0.410. The molecule has 1 amide bonds. The number of halogens is 4. The summed E-state index contributed by atoms with van der Waals surface area (Å²) >= 11 is 2.86. The van der Waals surface area contributed by atoms with E-state index in [9.17, 15) is 18.0 Å². The summed E-state index contributed by atoms with van der Waals surface area (Å²) in [5.74, 6) is 0.358. The summed E-state index contributed by atoms with van der Waals surface area (Å²) in [7, 11) is 0. The van der Waals surface area contributed by atoms with Crippen LogP contribution in [0.5, 0.6) is 5.75 Å². The fraction of sp³-hybridized carbons (Fsp3) is 0.278. The number of ether oxygens (including phenoxy) is 1. The van der Waals surface area contributed by atoms with Gasteiger partial charge in [-0.1, -0.05) is 33.6 Å². The molecule has 1 N–H and O–H groups in total. The van der Waals surface area contributed by atoms with Crippen LogP contribution in [0, 0.1) is 6.92 Å². The summed E-state index contributed by atoms with van der Waals surface area (Å²) in [6.45, 7) is 2.32. The molecule has 25 heavy (non-hydrogen) atoms. The molecule has 0 spiro atoms. The van der Waals surface area contributed by atoms with E-state index in [1.807, 2.05) is 31.2 Å². The highest BCUT2D eigenvalue weighted by Gasteiger charge is 2.33. The summed E-state index contributed by atoms with van der Waals surface area (Å²) in [5, 5.41) is 2.47. The van der Waals surface area contributed by atoms with Gasteiger partial charge in [0.1, 0.15) is 5.75 Å². The predicted molar refractivity (Wildman–Crippen MR) is 93.7 cm³/mol. The van der Waals surface area contributed by atoms with E-state index in [1.165, 1.54) is 12.1 Å². The summed E-state index contributed by atoms with van der Waals surface area (Å²) in [6, 6.07) is 11.1. The van der Waals surface area contributed by atoms with Crippen LogP contribution in [0.4, 0.5) is 18.9 Å². The van der Waals surface area contributed by atoms with E-state index in [-0.39, 0.29) is 22.5 Å². The van der Waals surface area contributed by atoms with Crippen LogP contribution in [0.25, 0.3) is 0 Å². The SMILES string of the molecule is Cc1ccc(OCCCC(=O)Nc2ccc(Br)c(C(F)(F)F)c2)cc1. The lowest BCUT2D eigenvalue weighted by atomic mass is 10.2. The van der Waals surface area contributed by atoms with Crippen LogP contribution in [-0.2, 0) is 11.0 Å². The van der Waals surface area contributed by atoms with Gasteiger partial charge in [0.2, 0.25) is 5.91 Å². The maximum atomic E-state index is 12.8. The Hall–Kier alpha value is -2.02. The molecular formula is C18H17BrF3NO2. The van der Waals surface area contributed by atoms with Gasteiger partial charge in [0, 0.05) is 16.6 Å². The summed E-state index contributed by atoms with van der Waals surface area (Å²) < 4.78 is 44.0. The van der Waals surface area contributed by atoms with Crippen molar-refractivity contribution in [2.24, 2.45) is 0 Å². The smallest absolute Gasteiger partial charge is 0.417 e. The minimum absolute atomic E-state index is 0.0653. The topological polar surface area (TPSA) is 38.3 Å². The first-order valence-corrected chi connectivity index (χ1v) is 8.41. The lowest BCUT2D eigenvalue weighted by molar-refractivity contribution is -0.138. The Bertz CT molecular complexity index is 730. The standard InChI is InChI=1S/C18H17BrF3NO2/c1-12-4-7-14(8-5-12)25-10-2-3-17(24)23-13-6-9-16(19)15(11-13)18(20,21)22/h4-9,11H,2-3,10H2,1H3,(H,23,24). The lowest BCUT2D eigenvalue weighted by Crippen LogP contribution is -2.14. The molecule has 0 atom stereocenters. The highest BCUT2D eigenvalue weighted by atomic mass is 79.9. The number of hydrogen-bond acceptors (Lipinski definition) is 2. The molecule has 7 heteroatoms. The van der Waals surface area contributed by atoms with E-state index in [0.29, 0.717) is 18.8 Å². The number of amides is 1. The second-order valence-corrected chi connectivity index (χ2v) is 6.36. The first-order chi connectivity index (χ1) is 11.8. The molecular weight excluding hydrogens is 399 g/mol. The molecule has 0 saturated carbocycles. The molecule has 0 unspecified atom stereocenters. The van der Waals surface area contributed by atoms with Crippen LogP contribution in [0.15, 0.2) is 46.9 Å². The molecule has 0 fully saturated rings. The fourth-order valence-electron chi connectivity index (χ4n) is 2.10. The number of nitrogens with one attached hydrogen (secondary N) is 1. The van der Waals surface area contributed by atoms with E-state index in [2.05, 4.69) is 21.2 Å². The number of aryl methyl sites for hydroxylation is 1. The minimum atomic E-state index is -4.48. The highest BCUT2D eigenvalue weighted by Crippen LogP contribution is 2.36. The maximum Gasteiger partial charge on any atom is 0.417 e. The fourth-order valence-corrected chi connectivity index (χ4v) is 2.57. The van der Waals surface area contributed by atoms with Gasteiger partial charge in [0.25, 0.3) is 0 Å². The first kappa shape index (κ1) is 19.3. The summed E-state index contributed by atoms with van der Waals surface area (Å²) in [6.07, 6.45) is -3.87. The number of carbonyl (C=O) groups is 1. The Balaban J connectivity index is 1.81. The zero-order valence-electron chi connectivity index (χ0n) is 13.5. The van der Waals surface area contributed by atoms with Gasteiger partial charge in [-0.15, -0.1) is 0 Å². The number of hydrogen-bond donors (Lipinski definition) is 1. The Kier molecular flexibility index (Phi) is 6.47. The van der Waals surface area contributed by atoms with Crippen molar-refractivity contribution >= 4 is 27.5 Å². The van der Waals surface area contributed by atoms with Crippen molar-refractivity contribution in [1.82, 2.24) is 0 Å². The van der Waals surface area contributed by atoms with Crippen LogP contribution >= 0.6 is 15.9 Å². The van der Waals surface area contributed by atoms with Crippen LogP contribution in [0.1, 0.15) is 24.0 Å². The van der Waals surface area contributed by atoms with Crippen molar-refractivity contribution in [2.75, 3.05) is 11.9 Å². The van der Waals surface area contributed by atoms with E-state index >= 15 is 0 Å². The van der Waals surface area contributed by atoms with Crippen molar-refractivity contribution in [3.63, 3.8) is 0 Å². The molecule has 0 saturated heterocycles. The molecule has 0 aliphatic heterocycles. The molecule has 0 heterocycles. The Labute approximate surface area is 152 Å². The molecule has 0 aromatic heterocycles. The van der Waals surface area contributed by atoms with Gasteiger partial charge >= 0.3 is 6.18 Å². The molecule has 3 nitrogen and oxygen atoms in total. The molecule has 0 aliphatic rings. The van der Waals surface area contributed by atoms with E-state index in [0.717, 1.165) is 11.6 Å². The Morgan fingerprint density at radius 2 is 1.84 bits per heavy atom. The molecule has 0 bridgehead atoms. The molecule has 0 aliphatic carbocycles. The van der Waals surface area contributed by atoms with Gasteiger partial charge in [0.05, 0.1) is 12.2 Å². The average Bonchev–Trinajstić information content (AvgIpc) is 2.54. The highest BCUT2D eigenvalue weighted by molar-refractivity contribution is 9.10. The monoisotopic (exact) mass is 415 g/mol. The van der Waals surface area contributed by atoms with E-state index in [1.54, 1.807) is 0 Å². The lowest BCUT2D eigenvalue weighted by Gasteiger charge is -2.12. The minimum Gasteiger partial charge on any atom is -0.494 e.